The van der Waals surface area contributed by atoms with Crippen LogP contribution < -0.4 is 5.32 Å². The Morgan fingerprint density at radius 3 is 2.33 bits per heavy atom. The van der Waals surface area contributed by atoms with Crippen molar-refractivity contribution in [1.82, 2.24) is 10.2 Å². The molecule has 1 aliphatic carbocycles. The lowest BCUT2D eigenvalue weighted by Crippen LogP contribution is -2.33. The minimum Gasteiger partial charge on any atom is -0.352 e. The first kappa shape index (κ1) is 19.0. The van der Waals surface area contributed by atoms with E-state index in [0.717, 1.165) is 19.3 Å². The van der Waals surface area contributed by atoms with Crippen LogP contribution in [0, 0.1) is 11.6 Å². The molecule has 142 valence electrons. The summed E-state index contributed by atoms with van der Waals surface area (Å²) in [4.78, 5) is 26.6. The molecule has 0 bridgehead atoms. The van der Waals surface area contributed by atoms with Crippen LogP contribution in [0.15, 0.2) is 42.5 Å². The molecular weight excluding hydrogens is 350 g/mol. The number of benzene rings is 2. The third kappa shape index (κ3) is 4.51. The van der Waals surface area contributed by atoms with E-state index in [1.165, 1.54) is 29.2 Å². The van der Waals surface area contributed by atoms with E-state index >= 15 is 0 Å². The van der Waals surface area contributed by atoms with Crippen molar-refractivity contribution >= 4 is 11.8 Å². The largest absolute Gasteiger partial charge is 0.352 e. The highest BCUT2D eigenvalue weighted by Gasteiger charge is 2.34. The standard InChI is InChI=1S/C21H22F2N2O2/c1-2-11-24-20(26)14-5-3-6-15(12-14)21(27)25(16-9-10-16)13-17-18(22)7-4-8-19(17)23/h3-8,12,16H,2,9-11,13H2,1H3,(H,24,26). The van der Waals surface area contributed by atoms with Gasteiger partial charge >= 0.3 is 0 Å². The fourth-order valence-electron chi connectivity index (χ4n) is 2.91. The zero-order valence-electron chi connectivity index (χ0n) is 15.2. The third-order valence-corrected chi connectivity index (χ3v) is 4.55. The van der Waals surface area contributed by atoms with Crippen molar-refractivity contribution in [3.05, 3.63) is 70.8 Å². The molecule has 0 aromatic heterocycles. The van der Waals surface area contributed by atoms with Crippen molar-refractivity contribution < 1.29 is 18.4 Å². The molecule has 0 spiro atoms. The van der Waals surface area contributed by atoms with Crippen molar-refractivity contribution in [3.8, 4) is 0 Å². The lowest BCUT2D eigenvalue weighted by molar-refractivity contribution is 0.0726. The van der Waals surface area contributed by atoms with E-state index in [2.05, 4.69) is 5.32 Å². The summed E-state index contributed by atoms with van der Waals surface area (Å²) in [6.45, 7) is 2.38. The molecule has 0 atom stereocenters. The second-order valence-electron chi connectivity index (χ2n) is 6.70. The van der Waals surface area contributed by atoms with Gasteiger partial charge in [-0.1, -0.05) is 19.1 Å². The summed E-state index contributed by atoms with van der Waals surface area (Å²) < 4.78 is 28.0. The number of hydrogen-bond acceptors (Lipinski definition) is 2. The molecule has 0 aliphatic heterocycles. The molecule has 1 aliphatic rings. The fourth-order valence-corrected chi connectivity index (χ4v) is 2.91. The maximum atomic E-state index is 14.0. The van der Waals surface area contributed by atoms with Gasteiger partial charge in [0.2, 0.25) is 0 Å². The Morgan fingerprint density at radius 1 is 1.07 bits per heavy atom. The summed E-state index contributed by atoms with van der Waals surface area (Å²) in [5.74, 6) is -1.91. The fraction of sp³-hybridized carbons (Fsp3) is 0.333. The average Bonchev–Trinajstić information content (AvgIpc) is 3.50. The zero-order chi connectivity index (χ0) is 19.4. The van der Waals surface area contributed by atoms with Gasteiger partial charge in [0, 0.05) is 29.3 Å². The Balaban J connectivity index is 1.83. The van der Waals surface area contributed by atoms with Crippen LogP contribution in [0.1, 0.15) is 52.5 Å². The first-order valence-electron chi connectivity index (χ1n) is 9.13. The molecular formula is C21H22F2N2O2. The summed E-state index contributed by atoms with van der Waals surface area (Å²) in [7, 11) is 0. The SMILES string of the molecule is CCCNC(=O)c1cccc(C(=O)N(Cc2c(F)cccc2F)C2CC2)c1. The summed E-state index contributed by atoms with van der Waals surface area (Å²) in [6, 6.07) is 10.1. The smallest absolute Gasteiger partial charge is 0.254 e. The van der Waals surface area contributed by atoms with Gasteiger partial charge in [-0.25, -0.2) is 8.78 Å². The van der Waals surface area contributed by atoms with Crippen LogP contribution in [0.5, 0.6) is 0 Å². The first-order chi connectivity index (χ1) is 13.0. The number of amides is 2. The molecule has 0 saturated heterocycles. The highest BCUT2D eigenvalue weighted by molar-refractivity contribution is 5.99. The second-order valence-corrected chi connectivity index (χ2v) is 6.70. The number of hydrogen-bond donors (Lipinski definition) is 1. The average molecular weight is 372 g/mol. The monoisotopic (exact) mass is 372 g/mol. The number of carbonyl (C=O) groups is 2. The van der Waals surface area contributed by atoms with Crippen LogP contribution in [-0.2, 0) is 6.54 Å². The lowest BCUT2D eigenvalue weighted by Gasteiger charge is -2.23. The Kier molecular flexibility index (Phi) is 5.84. The van der Waals surface area contributed by atoms with Crippen molar-refractivity contribution in [2.45, 2.75) is 38.8 Å². The molecule has 0 radical (unpaired) electrons. The number of rotatable bonds is 7. The molecule has 2 amide bonds. The van der Waals surface area contributed by atoms with E-state index in [1.54, 1.807) is 18.2 Å². The third-order valence-electron chi connectivity index (χ3n) is 4.55. The maximum Gasteiger partial charge on any atom is 0.254 e. The minimum atomic E-state index is -0.666. The molecule has 1 saturated carbocycles. The van der Waals surface area contributed by atoms with Crippen LogP contribution >= 0.6 is 0 Å². The molecule has 1 fully saturated rings. The number of nitrogens with zero attached hydrogens (tertiary/aromatic N) is 1. The quantitative estimate of drug-likeness (QED) is 0.801. The minimum absolute atomic E-state index is 0.0333. The predicted octanol–water partition coefficient (Wildman–Crippen LogP) is 3.91. The highest BCUT2D eigenvalue weighted by Crippen LogP contribution is 2.31. The Morgan fingerprint density at radius 2 is 1.70 bits per heavy atom. The van der Waals surface area contributed by atoms with Crippen LogP contribution in [0.3, 0.4) is 0 Å². The van der Waals surface area contributed by atoms with Gasteiger partial charge in [0.1, 0.15) is 11.6 Å². The molecule has 2 aromatic rings. The molecule has 4 nitrogen and oxygen atoms in total. The topological polar surface area (TPSA) is 49.4 Å². The summed E-state index contributed by atoms with van der Waals surface area (Å²) >= 11 is 0. The number of carbonyl (C=O) groups excluding carboxylic acids is 2. The van der Waals surface area contributed by atoms with Gasteiger partial charge in [0.25, 0.3) is 11.8 Å². The second kappa shape index (κ2) is 8.29. The zero-order valence-corrected chi connectivity index (χ0v) is 15.2. The van der Waals surface area contributed by atoms with Crippen LogP contribution in [0.4, 0.5) is 8.78 Å². The normalized spacial score (nSPS) is 13.3. The van der Waals surface area contributed by atoms with E-state index in [9.17, 15) is 18.4 Å². The lowest BCUT2D eigenvalue weighted by atomic mass is 10.1. The summed E-state index contributed by atoms with van der Waals surface area (Å²) in [5.41, 5.74) is 0.611. The predicted molar refractivity (Wildman–Crippen MR) is 98.3 cm³/mol. The van der Waals surface area contributed by atoms with Crippen molar-refractivity contribution in [3.63, 3.8) is 0 Å². The van der Waals surface area contributed by atoms with E-state index in [-0.39, 0.29) is 30.0 Å². The molecule has 6 heteroatoms. The molecule has 0 heterocycles. The van der Waals surface area contributed by atoms with Gasteiger partial charge < -0.3 is 10.2 Å². The van der Waals surface area contributed by atoms with E-state index in [1.807, 2.05) is 6.92 Å². The molecule has 1 N–H and O–H groups in total. The van der Waals surface area contributed by atoms with Gasteiger partial charge in [-0.3, -0.25) is 9.59 Å². The highest BCUT2D eigenvalue weighted by atomic mass is 19.1. The van der Waals surface area contributed by atoms with Gasteiger partial charge in [0.15, 0.2) is 0 Å². The van der Waals surface area contributed by atoms with Gasteiger partial charge in [-0.05, 0) is 49.6 Å². The Bertz CT molecular complexity index is 830. The Labute approximate surface area is 157 Å². The van der Waals surface area contributed by atoms with Gasteiger partial charge in [-0.15, -0.1) is 0 Å². The van der Waals surface area contributed by atoms with Crippen LogP contribution in [0.25, 0.3) is 0 Å². The van der Waals surface area contributed by atoms with E-state index in [0.29, 0.717) is 17.7 Å². The van der Waals surface area contributed by atoms with Crippen molar-refractivity contribution in [2.24, 2.45) is 0 Å². The maximum absolute atomic E-state index is 14.0. The molecule has 27 heavy (non-hydrogen) atoms. The van der Waals surface area contributed by atoms with Gasteiger partial charge in [0.05, 0.1) is 6.54 Å². The summed E-state index contributed by atoms with van der Waals surface area (Å²) in [5, 5.41) is 2.77. The van der Waals surface area contributed by atoms with Crippen molar-refractivity contribution in [2.75, 3.05) is 6.54 Å². The van der Waals surface area contributed by atoms with Gasteiger partial charge in [-0.2, -0.15) is 0 Å². The van der Waals surface area contributed by atoms with Crippen molar-refractivity contribution in [1.29, 1.82) is 0 Å². The molecule has 0 unspecified atom stereocenters. The van der Waals surface area contributed by atoms with E-state index in [4.69, 9.17) is 0 Å². The molecule has 3 rings (SSSR count). The van der Waals surface area contributed by atoms with E-state index < -0.39 is 11.6 Å². The summed E-state index contributed by atoms with van der Waals surface area (Å²) in [6.07, 6.45) is 2.42. The number of nitrogens with one attached hydrogen (secondary N) is 1. The molecule has 2 aromatic carbocycles. The first-order valence-corrected chi connectivity index (χ1v) is 9.13. The van der Waals surface area contributed by atoms with Crippen LogP contribution in [0.2, 0.25) is 0 Å². The van der Waals surface area contributed by atoms with Crippen LogP contribution in [-0.4, -0.2) is 29.3 Å². The number of halogens is 2. The Hall–Kier alpha value is -2.76.